The van der Waals surface area contributed by atoms with E-state index in [2.05, 4.69) is 17.0 Å². The van der Waals surface area contributed by atoms with Crippen molar-refractivity contribution in [2.75, 3.05) is 31.7 Å². The molecule has 3 aromatic rings. The molecule has 210 valence electrons. The van der Waals surface area contributed by atoms with E-state index in [1.807, 2.05) is 63.2 Å². The Labute approximate surface area is 235 Å². The van der Waals surface area contributed by atoms with E-state index in [1.54, 1.807) is 12.0 Å². The third kappa shape index (κ3) is 5.76. The largest absolute Gasteiger partial charge is 0.496 e. The van der Waals surface area contributed by atoms with E-state index >= 15 is 0 Å². The number of aromatic nitrogens is 1. The lowest BCUT2D eigenvalue weighted by Gasteiger charge is -2.33. The number of pyridine rings is 1. The molecule has 0 radical (unpaired) electrons. The van der Waals surface area contributed by atoms with E-state index in [4.69, 9.17) is 19.2 Å². The van der Waals surface area contributed by atoms with Crippen molar-refractivity contribution in [2.24, 2.45) is 0 Å². The van der Waals surface area contributed by atoms with Gasteiger partial charge in [-0.1, -0.05) is 35.9 Å². The van der Waals surface area contributed by atoms with Crippen molar-refractivity contribution in [2.45, 2.75) is 58.7 Å². The third-order valence-corrected chi connectivity index (χ3v) is 7.70. The number of esters is 1. The summed E-state index contributed by atoms with van der Waals surface area (Å²) in [5, 5.41) is 0. The lowest BCUT2D eigenvalue weighted by atomic mass is 9.97. The summed E-state index contributed by atoms with van der Waals surface area (Å²) in [6.45, 7) is 8.47. The number of aryl methyl sites for hydroxylation is 2. The van der Waals surface area contributed by atoms with Crippen LogP contribution < -0.4 is 9.64 Å². The molecule has 0 N–H and O–H groups in total. The minimum absolute atomic E-state index is 0.172. The topological polar surface area (TPSA) is 81.2 Å². The van der Waals surface area contributed by atoms with E-state index in [-0.39, 0.29) is 24.2 Å². The van der Waals surface area contributed by atoms with Crippen LogP contribution >= 0.6 is 0 Å². The van der Waals surface area contributed by atoms with Crippen LogP contribution in [0.3, 0.4) is 0 Å². The quantitative estimate of drug-likeness (QED) is 0.297. The van der Waals surface area contributed by atoms with Gasteiger partial charge in [0.15, 0.2) is 0 Å². The molecule has 1 aromatic heterocycles. The highest BCUT2D eigenvalue weighted by Crippen LogP contribution is 2.38. The van der Waals surface area contributed by atoms with Crippen molar-refractivity contribution < 1.29 is 23.8 Å². The van der Waals surface area contributed by atoms with Gasteiger partial charge in [0.2, 0.25) is 0 Å². The van der Waals surface area contributed by atoms with E-state index in [1.165, 1.54) is 0 Å². The average molecular weight is 544 g/mol. The van der Waals surface area contributed by atoms with Crippen molar-refractivity contribution in [1.82, 2.24) is 9.88 Å². The highest BCUT2D eigenvalue weighted by Gasteiger charge is 2.40. The molecule has 0 saturated carbocycles. The summed E-state index contributed by atoms with van der Waals surface area (Å²) in [5.74, 6) is 1.39. The molecule has 8 heteroatoms. The SMILES string of the molecule is CCOC(=O)CCc1ccc(OC)c(-c2ccc(N3CCC3)nc2CN2C(=O)OC(c3cccc(C)c3)C2C)c1. The van der Waals surface area contributed by atoms with E-state index < -0.39 is 0 Å². The van der Waals surface area contributed by atoms with Gasteiger partial charge < -0.3 is 19.1 Å². The van der Waals surface area contributed by atoms with Crippen molar-refractivity contribution in [3.63, 3.8) is 0 Å². The molecule has 1 amide bonds. The van der Waals surface area contributed by atoms with Gasteiger partial charge in [-0.3, -0.25) is 9.69 Å². The number of hydrogen-bond donors (Lipinski definition) is 0. The molecular weight excluding hydrogens is 506 g/mol. The number of amides is 1. The molecule has 2 saturated heterocycles. The van der Waals surface area contributed by atoms with Gasteiger partial charge >= 0.3 is 12.1 Å². The fraction of sp³-hybridized carbons (Fsp3) is 0.406. The highest BCUT2D eigenvalue weighted by molar-refractivity contribution is 5.76. The number of ether oxygens (including phenoxy) is 3. The zero-order valence-electron chi connectivity index (χ0n) is 23.7. The van der Waals surface area contributed by atoms with Gasteiger partial charge in [0, 0.05) is 30.6 Å². The second-order valence-electron chi connectivity index (χ2n) is 10.4. The minimum Gasteiger partial charge on any atom is -0.496 e. The van der Waals surface area contributed by atoms with Gasteiger partial charge in [-0.05, 0) is 69.0 Å². The number of rotatable bonds is 10. The molecule has 0 spiro atoms. The predicted molar refractivity (Wildman–Crippen MR) is 153 cm³/mol. The summed E-state index contributed by atoms with van der Waals surface area (Å²) in [5.41, 5.74) is 5.64. The maximum Gasteiger partial charge on any atom is 0.411 e. The molecule has 8 nitrogen and oxygen atoms in total. The first-order valence-electron chi connectivity index (χ1n) is 14.0. The molecule has 0 aliphatic carbocycles. The molecule has 2 aliphatic heterocycles. The summed E-state index contributed by atoms with van der Waals surface area (Å²) in [6.07, 6.45) is 1.29. The van der Waals surface area contributed by atoms with Crippen LogP contribution in [-0.2, 0) is 27.2 Å². The maximum absolute atomic E-state index is 13.2. The zero-order chi connectivity index (χ0) is 28.2. The number of methoxy groups -OCH3 is 1. The minimum atomic E-state index is -0.352. The summed E-state index contributed by atoms with van der Waals surface area (Å²) < 4.78 is 16.7. The highest BCUT2D eigenvalue weighted by atomic mass is 16.6. The molecule has 0 bridgehead atoms. The molecule has 2 aliphatic rings. The smallest absolute Gasteiger partial charge is 0.411 e. The molecule has 2 atom stereocenters. The number of carbonyl (C=O) groups excluding carboxylic acids is 2. The Kier molecular flexibility index (Phi) is 8.24. The molecule has 40 heavy (non-hydrogen) atoms. The lowest BCUT2D eigenvalue weighted by Crippen LogP contribution is -2.38. The fourth-order valence-electron chi connectivity index (χ4n) is 5.35. The zero-order valence-corrected chi connectivity index (χ0v) is 23.7. The van der Waals surface area contributed by atoms with Gasteiger partial charge in [0.05, 0.1) is 32.0 Å². The fourth-order valence-corrected chi connectivity index (χ4v) is 5.35. The van der Waals surface area contributed by atoms with Crippen LogP contribution in [0.1, 0.15) is 55.2 Å². The molecule has 2 fully saturated rings. The Morgan fingerprint density at radius 1 is 1.10 bits per heavy atom. The van der Waals surface area contributed by atoms with Gasteiger partial charge in [0.1, 0.15) is 17.7 Å². The van der Waals surface area contributed by atoms with E-state index in [0.29, 0.717) is 31.7 Å². The lowest BCUT2D eigenvalue weighted by molar-refractivity contribution is -0.143. The summed E-state index contributed by atoms with van der Waals surface area (Å²) in [4.78, 5) is 34.2. The van der Waals surface area contributed by atoms with Crippen molar-refractivity contribution in [3.8, 4) is 16.9 Å². The number of nitrogens with zero attached hydrogens (tertiary/aromatic N) is 3. The van der Waals surface area contributed by atoms with Crippen LogP contribution in [0.25, 0.3) is 11.1 Å². The Morgan fingerprint density at radius 3 is 2.62 bits per heavy atom. The summed E-state index contributed by atoms with van der Waals surface area (Å²) >= 11 is 0. The van der Waals surface area contributed by atoms with Crippen LogP contribution in [0, 0.1) is 6.92 Å². The van der Waals surface area contributed by atoms with Crippen LogP contribution in [0.15, 0.2) is 54.6 Å². The number of hydrogen-bond acceptors (Lipinski definition) is 7. The van der Waals surface area contributed by atoms with Crippen molar-refractivity contribution in [3.05, 3.63) is 77.0 Å². The summed E-state index contributed by atoms with van der Waals surface area (Å²) in [6, 6.07) is 18.0. The Bertz CT molecular complexity index is 1390. The van der Waals surface area contributed by atoms with Crippen LogP contribution in [-0.4, -0.2) is 54.8 Å². The van der Waals surface area contributed by atoms with Crippen molar-refractivity contribution >= 4 is 17.9 Å². The van der Waals surface area contributed by atoms with Gasteiger partial charge in [-0.25, -0.2) is 9.78 Å². The van der Waals surface area contributed by atoms with Crippen molar-refractivity contribution in [1.29, 1.82) is 0 Å². The van der Waals surface area contributed by atoms with E-state index in [9.17, 15) is 9.59 Å². The predicted octanol–water partition coefficient (Wildman–Crippen LogP) is 5.85. The Morgan fingerprint density at radius 2 is 1.93 bits per heavy atom. The number of cyclic esters (lactones) is 1. The molecule has 3 heterocycles. The molecular formula is C32H37N3O5. The van der Waals surface area contributed by atoms with Crippen LogP contribution in [0.2, 0.25) is 0 Å². The Hall–Kier alpha value is -4.07. The average Bonchev–Trinajstić information content (AvgIpc) is 3.19. The molecule has 2 unspecified atom stereocenters. The third-order valence-electron chi connectivity index (χ3n) is 7.70. The normalized spacial score (nSPS) is 18.4. The molecule has 5 rings (SSSR count). The number of carbonyl (C=O) groups is 2. The van der Waals surface area contributed by atoms with Crippen LogP contribution in [0.5, 0.6) is 5.75 Å². The maximum atomic E-state index is 13.2. The van der Waals surface area contributed by atoms with Gasteiger partial charge in [0.25, 0.3) is 0 Å². The Balaban J connectivity index is 1.48. The number of benzene rings is 2. The second kappa shape index (κ2) is 12.0. The monoisotopic (exact) mass is 543 g/mol. The second-order valence-corrected chi connectivity index (χ2v) is 10.4. The van der Waals surface area contributed by atoms with Gasteiger partial charge in [-0.2, -0.15) is 0 Å². The first-order chi connectivity index (χ1) is 19.4. The summed E-state index contributed by atoms with van der Waals surface area (Å²) in [7, 11) is 1.64. The van der Waals surface area contributed by atoms with Crippen LogP contribution in [0.4, 0.5) is 10.6 Å². The van der Waals surface area contributed by atoms with Gasteiger partial charge in [-0.15, -0.1) is 0 Å². The standard InChI is InChI=1S/C32H37N3O5/c1-5-39-30(36)15-11-23-10-13-28(38-4)26(19-23)25-12-14-29(34-16-7-17-34)33-27(25)20-35-22(3)31(40-32(35)37)24-9-6-8-21(2)18-24/h6,8-10,12-14,18-19,22,31H,5,7,11,15-17,20H2,1-4H3. The molecule has 2 aromatic carbocycles. The first-order valence-corrected chi connectivity index (χ1v) is 14.0. The number of anilines is 1. The van der Waals surface area contributed by atoms with E-state index in [0.717, 1.165) is 58.8 Å². The first kappa shape index (κ1) is 27.5.